The van der Waals surface area contributed by atoms with Crippen molar-refractivity contribution in [2.75, 3.05) is 40.4 Å². The Labute approximate surface area is 191 Å². The van der Waals surface area contributed by atoms with Gasteiger partial charge in [0.2, 0.25) is 5.91 Å². The van der Waals surface area contributed by atoms with Crippen LogP contribution in [0.4, 0.5) is 0 Å². The predicted octanol–water partition coefficient (Wildman–Crippen LogP) is 4.27. The van der Waals surface area contributed by atoms with Crippen molar-refractivity contribution in [3.8, 4) is 11.5 Å². The van der Waals surface area contributed by atoms with E-state index in [1.165, 1.54) is 11.1 Å². The molecule has 2 aromatic rings. The largest absolute Gasteiger partial charge is 0.497 e. The van der Waals surface area contributed by atoms with Crippen molar-refractivity contribution in [1.29, 1.82) is 0 Å². The molecule has 1 amide bonds. The zero-order chi connectivity index (χ0) is 22.3. The lowest BCUT2D eigenvalue weighted by molar-refractivity contribution is -0.140. The highest BCUT2D eigenvalue weighted by Crippen LogP contribution is 2.31. The number of amides is 1. The van der Waals surface area contributed by atoms with Crippen LogP contribution in [0.2, 0.25) is 0 Å². The maximum absolute atomic E-state index is 12.7. The molecule has 2 atom stereocenters. The molecular weight excluding hydrogens is 400 g/mol. The Kier molecular flexibility index (Phi) is 7.48. The average Bonchev–Trinajstić information content (AvgIpc) is 2.84. The summed E-state index contributed by atoms with van der Waals surface area (Å²) >= 11 is 0. The first-order chi connectivity index (χ1) is 15.7. The van der Waals surface area contributed by atoms with Crippen molar-refractivity contribution < 1.29 is 14.3 Å². The molecule has 0 saturated carbocycles. The SMILES string of the molecule is COc1ccc(/C=C/CN2CC[C@@H]3[C@@H](CCC(=O)N3CCc3ccc(OC)cc3)C2)cc1. The molecule has 2 aliphatic heterocycles. The quantitative estimate of drug-likeness (QED) is 0.622. The maximum Gasteiger partial charge on any atom is 0.222 e. The standard InChI is InChI=1S/C27H34N2O3/c1-31-24-10-5-21(6-11-24)4-3-17-28-18-16-26-23(20-28)9-14-27(30)29(26)19-15-22-7-12-25(32-2)13-8-22/h3-8,10-13,23,26H,9,14-20H2,1-2H3/b4-3+/t23-,26+/m0/s1. The first-order valence-corrected chi connectivity index (χ1v) is 11.6. The zero-order valence-electron chi connectivity index (χ0n) is 19.2. The molecule has 0 unspecified atom stereocenters. The van der Waals surface area contributed by atoms with Gasteiger partial charge in [-0.2, -0.15) is 0 Å². The molecular formula is C27H34N2O3. The minimum Gasteiger partial charge on any atom is -0.497 e. The Balaban J connectivity index is 1.29. The van der Waals surface area contributed by atoms with Crippen molar-refractivity contribution >= 4 is 12.0 Å². The molecule has 2 saturated heterocycles. The lowest BCUT2D eigenvalue weighted by atomic mass is 9.83. The third-order valence-electron chi connectivity index (χ3n) is 6.82. The number of fused-ring (bicyclic) bond motifs is 1. The number of ether oxygens (including phenoxy) is 2. The number of carbonyl (C=O) groups excluding carboxylic acids is 1. The molecule has 0 aliphatic carbocycles. The van der Waals surface area contributed by atoms with E-state index in [9.17, 15) is 4.79 Å². The van der Waals surface area contributed by atoms with Crippen LogP contribution in [0, 0.1) is 5.92 Å². The molecule has 2 aromatic carbocycles. The number of rotatable bonds is 8. The van der Waals surface area contributed by atoms with Crippen LogP contribution in [-0.2, 0) is 11.2 Å². The number of methoxy groups -OCH3 is 2. The number of hydrogen-bond acceptors (Lipinski definition) is 4. The summed E-state index contributed by atoms with van der Waals surface area (Å²) in [6.07, 6.45) is 8.08. The normalized spacial score (nSPS) is 21.6. The Morgan fingerprint density at radius 2 is 1.66 bits per heavy atom. The molecule has 2 aliphatic rings. The molecule has 0 aromatic heterocycles. The summed E-state index contributed by atoms with van der Waals surface area (Å²) < 4.78 is 10.5. The molecule has 0 spiro atoms. The van der Waals surface area contributed by atoms with E-state index in [0.717, 1.165) is 56.9 Å². The summed E-state index contributed by atoms with van der Waals surface area (Å²) in [7, 11) is 3.37. The fourth-order valence-electron chi connectivity index (χ4n) is 4.98. The van der Waals surface area contributed by atoms with Gasteiger partial charge in [0, 0.05) is 38.6 Å². The Bertz CT molecular complexity index is 908. The van der Waals surface area contributed by atoms with E-state index in [1.807, 2.05) is 24.3 Å². The number of hydrogen-bond donors (Lipinski definition) is 0. The first-order valence-electron chi connectivity index (χ1n) is 11.6. The van der Waals surface area contributed by atoms with Crippen molar-refractivity contribution in [1.82, 2.24) is 9.80 Å². The minimum atomic E-state index is 0.326. The molecule has 170 valence electrons. The number of carbonyl (C=O) groups is 1. The second kappa shape index (κ2) is 10.7. The van der Waals surface area contributed by atoms with Crippen LogP contribution >= 0.6 is 0 Å². The molecule has 2 heterocycles. The van der Waals surface area contributed by atoms with Crippen molar-refractivity contribution in [3.63, 3.8) is 0 Å². The highest BCUT2D eigenvalue weighted by Gasteiger charge is 2.38. The van der Waals surface area contributed by atoms with E-state index in [0.29, 0.717) is 24.3 Å². The van der Waals surface area contributed by atoms with Crippen molar-refractivity contribution in [2.24, 2.45) is 5.92 Å². The van der Waals surface area contributed by atoms with Gasteiger partial charge >= 0.3 is 0 Å². The monoisotopic (exact) mass is 434 g/mol. The van der Waals surface area contributed by atoms with Gasteiger partial charge in [0.15, 0.2) is 0 Å². The van der Waals surface area contributed by atoms with Gasteiger partial charge in [-0.1, -0.05) is 36.4 Å². The third-order valence-corrected chi connectivity index (χ3v) is 6.82. The van der Waals surface area contributed by atoms with E-state index < -0.39 is 0 Å². The van der Waals surface area contributed by atoms with Crippen LogP contribution in [0.5, 0.6) is 11.5 Å². The Morgan fingerprint density at radius 1 is 0.969 bits per heavy atom. The minimum absolute atomic E-state index is 0.326. The molecule has 5 nitrogen and oxygen atoms in total. The van der Waals surface area contributed by atoms with Crippen LogP contribution in [-0.4, -0.2) is 62.1 Å². The van der Waals surface area contributed by atoms with E-state index in [-0.39, 0.29) is 0 Å². The van der Waals surface area contributed by atoms with Gasteiger partial charge in [-0.05, 0) is 60.6 Å². The van der Waals surface area contributed by atoms with Gasteiger partial charge in [-0.3, -0.25) is 9.69 Å². The van der Waals surface area contributed by atoms with Gasteiger partial charge in [0.25, 0.3) is 0 Å². The highest BCUT2D eigenvalue weighted by molar-refractivity contribution is 5.77. The molecule has 2 fully saturated rings. The molecule has 0 bridgehead atoms. The van der Waals surface area contributed by atoms with Gasteiger partial charge in [-0.25, -0.2) is 0 Å². The molecule has 32 heavy (non-hydrogen) atoms. The summed E-state index contributed by atoms with van der Waals surface area (Å²) in [6.45, 7) is 3.88. The Hall–Kier alpha value is -2.79. The van der Waals surface area contributed by atoms with Crippen LogP contribution in [0.3, 0.4) is 0 Å². The van der Waals surface area contributed by atoms with E-state index >= 15 is 0 Å². The van der Waals surface area contributed by atoms with Gasteiger partial charge in [0.05, 0.1) is 14.2 Å². The van der Waals surface area contributed by atoms with Gasteiger partial charge in [0.1, 0.15) is 11.5 Å². The maximum atomic E-state index is 12.7. The molecule has 4 rings (SSSR count). The summed E-state index contributed by atoms with van der Waals surface area (Å²) in [4.78, 5) is 17.4. The van der Waals surface area contributed by atoms with Crippen molar-refractivity contribution in [3.05, 3.63) is 65.7 Å². The predicted molar refractivity (Wildman–Crippen MR) is 128 cm³/mol. The fourth-order valence-corrected chi connectivity index (χ4v) is 4.98. The van der Waals surface area contributed by atoms with Crippen molar-refractivity contribution in [2.45, 2.75) is 31.7 Å². The molecule has 0 N–H and O–H groups in total. The average molecular weight is 435 g/mol. The number of nitrogens with zero attached hydrogens (tertiary/aromatic N) is 2. The summed E-state index contributed by atoms with van der Waals surface area (Å²) in [5.41, 5.74) is 2.44. The summed E-state index contributed by atoms with van der Waals surface area (Å²) in [6, 6.07) is 16.7. The topological polar surface area (TPSA) is 42.0 Å². The van der Waals surface area contributed by atoms with Crippen LogP contribution in [0.1, 0.15) is 30.4 Å². The second-order valence-corrected chi connectivity index (χ2v) is 8.78. The number of benzene rings is 2. The third kappa shape index (κ3) is 5.52. The first kappa shape index (κ1) is 22.4. The van der Waals surface area contributed by atoms with Gasteiger partial charge < -0.3 is 14.4 Å². The van der Waals surface area contributed by atoms with Crippen LogP contribution < -0.4 is 9.47 Å². The second-order valence-electron chi connectivity index (χ2n) is 8.78. The van der Waals surface area contributed by atoms with E-state index in [4.69, 9.17) is 9.47 Å². The lowest BCUT2D eigenvalue weighted by Gasteiger charge is -2.47. The summed E-state index contributed by atoms with van der Waals surface area (Å²) in [5.74, 6) is 2.66. The Morgan fingerprint density at radius 3 is 2.34 bits per heavy atom. The van der Waals surface area contributed by atoms with E-state index in [1.54, 1.807) is 14.2 Å². The summed E-state index contributed by atoms with van der Waals surface area (Å²) in [5, 5.41) is 0. The molecule has 0 radical (unpaired) electrons. The van der Waals surface area contributed by atoms with Crippen LogP contribution in [0.15, 0.2) is 54.6 Å². The number of likely N-dealkylation sites (tertiary alicyclic amines) is 2. The van der Waals surface area contributed by atoms with E-state index in [2.05, 4.69) is 46.2 Å². The smallest absolute Gasteiger partial charge is 0.222 e. The highest BCUT2D eigenvalue weighted by atomic mass is 16.5. The lowest BCUT2D eigenvalue weighted by Crippen LogP contribution is -2.56. The zero-order valence-corrected chi connectivity index (χ0v) is 19.2. The van der Waals surface area contributed by atoms with Gasteiger partial charge in [-0.15, -0.1) is 0 Å². The van der Waals surface area contributed by atoms with Crippen LogP contribution in [0.25, 0.3) is 6.08 Å². The number of piperidine rings is 2. The molecule has 5 heteroatoms. The fraction of sp³-hybridized carbons (Fsp3) is 0.444.